The quantitative estimate of drug-likeness (QED) is 0.826. The van der Waals surface area contributed by atoms with Gasteiger partial charge >= 0.3 is 5.97 Å². The first kappa shape index (κ1) is 18.0. The highest BCUT2D eigenvalue weighted by molar-refractivity contribution is 7.09. The number of rotatable bonds is 7. The van der Waals surface area contributed by atoms with E-state index >= 15 is 0 Å². The van der Waals surface area contributed by atoms with Crippen molar-refractivity contribution in [3.05, 3.63) is 45.7 Å². The molecule has 0 saturated heterocycles. The Labute approximate surface area is 143 Å². The number of ether oxygens (including phenoxy) is 1. The number of amides is 1. The van der Waals surface area contributed by atoms with Crippen LogP contribution in [0.25, 0.3) is 0 Å². The van der Waals surface area contributed by atoms with Crippen molar-refractivity contribution in [2.45, 2.75) is 26.5 Å². The first-order valence-corrected chi connectivity index (χ1v) is 8.31. The molecule has 0 aliphatic heterocycles. The average Bonchev–Trinajstić information content (AvgIpc) is 3.03. The van der Waals surface area contributed by atoms with Crippen molar-refractivity contribution in [3.63, 3.8) is 0 Å². The summed E-state index contributed by atoms with van der Waals surface area (Å²) in [6, 6.07) is 2.62. The molecule has 24 heavy (non-hydrogen) atoms. The monoisotopic (exact) mass is 349 g/mol. The van der Waals surface area contributed by atoms with E-state index in [-0.39, 0.29) is 23.3 Å². The summed E-state index contributed by atoms with van der Waals surface area (Å²) in [4.78, 5) is 33.3. The zero-order valence-electron chi connectivity index (χ0n) is 13.7. The minimum atomic E-state index is -1.09. The van der Waals surface area contributed by atoms with Crippen molar-refractivity contribution in [2.75, 3.05) is 13.7 Å². The van der Waals surface area contributed by atoms with E-state index in [0.29, 0.717) is 13.2 Å². The van der Waals surface area contributed by atoms with Gasteiger partial charge in [0.25, 0.3) is 5.91 Å². The molecule has 1 unspecified atom stereocenters. The molecular formula is C16H19N3O4S. The third kappa shape index (κ3) is 4.36. The zero-order valence-corrected chi connectivity index (χ0v) is 14.5. The molecule has 128 valence electrons. The number of carbonyl (C=O) groups is 2. The van der Waals surface area contributed by atoms with Crippen molar-refractivity contribution >= 4 is 23.2 Å². The average molecular weight is 349 g/mol. The summed E-state index contributed by atoms with van der Waals surface area (Å²) >= 11 is 1.49. The van der Waals surface area contributed by atoms with Gasteiger partial charge in [0.15, 0.2) is 0 Å². The standard InChI is InChI=1S/C16H19N3O4S/c1-4-23-10(2)14-18-12(9-24-14)8-19(3)15(20)13-7-11(16(21)22)5-6-17-13/h5-7,9-10H,4,8H2,1-3H3,(H,21,22). The molecule has 2 heterocycles. The van der Waals surface area contributed by atoms with Crippen LogP contribution in [0.2, 0.25) is 0 Å². The van der Waals surface area contributed by atoms with Gasteiger partial charge in [-0.1, -0.05) is 0 Å². The second-order valence-corrected chi connectivity index (χ2v) is 6.06. The molecule has 1 amide bonds. The highest BCUT2D eigenvalue weighted by atomic mass is 32.1. The molecule has 0 aliphatic carbocycles. The third-order valence-electron chi connectivity index (χ3n) is 3.31. The van der Waals surface area contributed by atoms with Crippen LogP contribution in [0.1, 0.15) is 51.5 Å². The predicted octanol–water partition coefficient (Wildman–Crippen LogP) is 2.61. The van der Waals surface area contributed by atoms with E-state index < -0.39 is 5.97 Å². The molecule has 0 bridgehead atoms. The lowest BCUT2D eigenvalue weighted by Gasteiger charge is -2.15. The lowest BCUT2D eigenvalue weighted by molar-refractivity contribution is 0.0696. The summed E-state index contributed by atoms with van der Waals surface area (Å²) in [6.07, 6.45) is 1.23. The molecule has 0 aromatic carbocycles. The SMILES string of the molecule is CCOC(C)c1nc(CN(C)C(=O)c2cc(C(=O)O)ccn2)cs1. The van der Waals surface area contributed by atoms with Gasteiger partial charge in [-0.3, -0.25) is 9.78 Å². The predicted molar refractivity (Wildman–Crippen MR) is 89.1 cm³/mol. The number of aromatic carboxylic acids is 1. The van der Waals surface area contributed by atoms with Crippen LogP contribution in [0, 0.1) is 0 Å². The minimum Gasteiger partial charge on any atom is -0.478 e. The number of hydrogen-bond acceptors (Lipinski definition) is 6. The number of carboxylic acid groups (broad SMARTS) is 1. The summed E-state index contributed by atoms with van der Waals surface area (Å²) < 4.78 is 5.50. The maximum atomic E-state index is 12.4. The molecular weight excluding hydrogens is 330 g/mol. The molecule has 2 aromatic heterocycles. The fourth-order valence-electron chi connectivity index (χ4n) is 2.09. The zero-order chi connectivity index (χ0) is 17.7. The molecule has 8 heteroatoms. The smallest absolute Gasteiger partial charge is 0.335 e. The van der Waals surface area contributed by atoms with Gasteiger partial charge in [0, 0.05) is 25.2 Å². The number of hydrogen-bond donors (Lipinski definition) is 1. The van der Waals surface area contributed by atoms with Gasteiger partial charge in [0.05, 0.1) is 17.8 Å². The third-order valence-corrected chi connectivity index (χ3v) is 4.36. The van der Waals surface area contributed by atoms with Gasteiger partial charge in [-0.2, -0.15) is 0 Å². The Morgan fingerprint density at radius 3 is 2.88 bits per heavy atom. The lowest BCUT2D eigenvalue weighted by atomic mass is 10.2. The number of carbonyl (C=O) groups excluding carboxylic acids is 1. The molecule has 0 radical (unpaired) electrons. The van der Waals surface area contributed by atoms with Crippen LogP contribution >= 0.6 is 11.3 Å². The Balaban J connectivity index is 2.06. The van der Waals surface area contributed by atoms with Crippen LogP contribution in [0.15, 0.2) is 23.7 Å². The van der Waals surface area contributed by atoms with E-state index in [0.717, 1.165) is 10.7 Å². The van der Waals surface area contributed by atoms with E-state index in [1.54, 1.807) is 7.05 Å². The molecule has 1 N–H and O–H groups in total. The number of thiazole rings is 1. The highest BCUT2D eigenvalue weighted by Gasteiger charge is 2.17. The first-order valence-electron chi connectivity index (χ1n) is 7.43. The van der Waals surface area contributed by atoms with Crippen LogP contribution < -0.4 is 0 Å². The lowest BCUT2D eigenvalue weighted by Crippen LogP contribution is -2.27. The van der Waals surface area contributed by atoms with Crippen LogP contribution in [-0.4, -0.2) is 45.5 Å². The number of aromatic nitrogens is 2. The number of carboxylic acids is 1. The Morgan fingerprint density at radius 2 is 2.21 bits per heavy atom. The van der Waals surface area contributed by atoms with E-state index in [1.807, 2.05) is 19.2 Å². The number of nitrogens with zero attached hydrogens (tertiary/aromatic N) is 3. The van der Waals surface area contributed by atoms with Gasteiger partial charge in [-0.05, 0) is 26.0 Å². The Kier molecular flexibility index (Phi) is 5.99. The summed E-state index contributed by atoms with van der Waals surface area (Å²) in [6.45, 7) is 4.78. The fraction of sp³-hybridized carbons (Fsp3) is 0.375. The minimum absolute atomic E-state index is 0.0308. The van der Waals surface area contributed by atoms with Gasteiger partial charge in [0.2, 0.25) is 0 Å². The fourth-order valence-corrected chi connectivity index (χ4v) is 2.91. The molecule has 7 nitrogen and oxygen atoms in total. The molecule has 1 atom stereocenters. The molecule has 2 rings (SSSR count). The van der Waals surface area contributed by atoms with Crippen LogP contribution in [0.5, 0.6) is 0 Å². The Morgan fingerprint density at radius 1 is 1.46 bits per heavy atom. The van der Waals surface area contributed by atoms with E-state index in [2.05, 4.69) is 9.97 Å². The largest absolute Gasteiger partial charge is 0.478 e. The summed E-state index contributed by atoms with van der Waals surface area (Å²) in [5.74, 6) is -1.45. The van der Waals surface area contributed by atoms with Crippen molar-refractivity contribution < 1.29 is 19.4 Å². The second kappa shape index (κ2) is 7.98. The van der Waals surface area contributed by atoms with Crippen LogP contribution in [0.4, 0.5) is 0 Å². The van der Waals surface area contributed by atoms with E-state index in [1.165, 1.54) is 34.6 Å². The van der Waals surface area contributed by atoms with E-state index in [9.17, 15) is 9.59 Å². The summed E-state index contributed by atoms with van der Waals surface area (Å²) in [5, 5.41) is 11.7. The van der Waals surface area contributed by atoms with Gasteiger partial charge in [-0.15, -0.1) is 11.3 Å². The molecule has 0 aliphatic rings. The van der Waals surface area contributed by atoms with Crippen molar-refractivity contribution in [3.8, 4) is 0 Å². The first-order chi connectivity index (χ1) is 11.4. The van der Waals surface area contributed by atoms with Crippen molar-refractivity contribution in [1.29, 1.82) is 0 Å². The normalized spacial score (nSPS) is 12.0. The van der Waals surface area contributed by atoms with E-state index in [4.69, 9.17) is 9.84 Å². The van der Waals surface area contributed by atoms with Gasteiger partial charge in [0.1, 0.15) is 16.8 Å². The maximum absolute atomic E-state index is 12.4. The number of pyridine rings is 1. The molecule has 0 spiro atoms. The van der Waals surface area contributed by atoms with Gasteiger partial charge < -0.3 is 14.7 Å². The van der Waals surface area contributed by atoms with Crippen molar-refractivity contribution in [1.82, 2.24) is 14.9 Å². The Bertz CT molecular complexity index is 732. The summed E-state index contributed by atoms with van der Waals surface area (Å²) in [5.41, 5.74) is 0.880. The summed E-state index contributed by atoms with van der Waals surface area (Å²) in [7, 11) is 1.63. The maximum Gasteiger partial charge on any atom is 0.335 e. The topological polar surface area (TPSA) is 92.6 Å². The van der Waals surface area contributed by atoms with Crippen LogP contribution in [0.3, 0.4) is 0 Å². The highest BCUT2D eigenvalue weighted by Crippen LogP contribution is 2.21. The Hall–Kier alpha value is -2.32. The molecule has 0 fully saturated rings. The van der Waals surface area contributed by atoms with Crippen LogP contribution in [-0.2, 0) is 11.3 Å². The van der Waals surface area contributed by atoms with Gasteiger partial charge in [-0.25, -0.2) is 9.78 Å². The second-order valence-electron chi connectivity index (χ2n) is 5.17. The van der Waals surface area contributed by atoms with Crippen molar-refractivity contribution in [2.24, 2.45) is 0 Å². The molecule has 2 aromatic rings. The molecule has 0 saturated carbocycles.